The lowest BCUT2D eigenvalue weighted by Gasteiger charge is -2.32. The molecule has 1 aliphatic heterocycles. The Labute approximate surface area is 223 Å². The number of anilines is 2. The van der Waals surface area contributed by atoms with Crippen LogP contribution in [-0.2, 0) is 18.4 Å². The molecule has 2 amide bonds. The number of para-hydroxylation sites is 1. The van der Waals surface area contributed by atoms with Crippen LogP contribution in [0.25, 0.3) is 16.9 Å². The van der Waals surface area contributed by atoms with E-state index in [1.807, 2.05) is 25.1 Å². The highest BCUT2D eigenvalue weighted by Gasteiger charge is 2.29. The maximum Gasteiger partial charge on any atom is 0.316 e. The molecule has 0 atom stereocenters. The quantitative estimate of drug-likeness (QED) is 0.322. The standard InChI is InChI=1S/C31H34FN5O/c1-19-9-12-22(31(3,4)5)17-27(19)36-16-15-26-24(18-36)29(21-10-13-23(14-11-21)34-30(33)38)37(35-26)28-20(2)7-6-8-25(28)32/h6-14,17H,15-16,18H2,1-5H3,(H3,33,34,38). The zero-order chi connectivity index (χ0) is 27.2. The highest BCUT2D eigenvalue weighted by atomic mass is 19.1. The van der Waals surface area contributed by atoms with Crippen molar-refractivity contribution < 1.29 is 9.18 Å². The number of aryl methyl sites for hydroxylation is 2. The number of amides is 2. The first-order chi connectivity index (χ1) is 18.0. The van der Waals surface area contributed by atoms with Crippen molar-refractivity contribution >= 4 is 17.4 Å². The molecule has 0 radical (unpaired) electrons. The maximum absolute atomic E-state index is 15.2. The van der Waals surface area contributed by atoms with Crippen LogP contribution in [0.4, 0.5) is 20.6 Å². The molecule has 2 heterocycles. The number of carbonyl (C=O) groups excluding carboxylic acids is 1. The van der Waals surface area contributed by atoms with Gasteiger partial charge in [0, 0.05) is 42.0 Å². The molecule has 1 aliphatic rings. The Morgan fingerprint density at radius 3 is 2.42 bits per heavy atom. The molecule has 0 saturated heterocycles. The van der Waals surface area contributed by atoms with Crippen LogP contribution in [0.5, 0.6) is 0 Å². The summed E-state index contributed by atoms with van der Waals surface area (Å²) in [6.45, 7) is 12.2. The van der Waals surface area contributed by atoms with Crippen LogP contribution in [0.2, 0.25) is 0 Å². The van der Waals surface area contributed by atoms with E-state index in [1.54, 1.807) is 22.9 Å². The van der Waals surface area contributed by atoms with Gasteiger partial charge in [0.15, 0.2) is 0 Å². The van der Waals surface area contributed by atoms with E-state index in [0.29, 0.717) is 17.9 Å². The highest BCUT2D eigenvalue weighted by molar-refractivity contribution is 5.88. The summed E-state index contributed by atoms with van der Waals surface area (Å²) in [6, 6.07) is 18.6. The van der Waals surface area contributed by atoms with E-state index in [9.17, 15) is 4.79 Å². The fourth-order valence-corrected chi connectivity index (χ4v) is 5.20. The summed E-state index contributed by atoms with van der Waals surface area (Å²) < 4.78 is 17.0. The molecule has 3 N–H and O–H groups in total. The number of halogens is 1. The lowest BCUT2D eigenvalue weighted by molar-refractivity contribution is 0.259. The summed E-state index contributed by atoms with van der Waals surface area (Å²) in [6.07, 6.45) is 0.753. The van der Waals surface area contributed by atoms with Crippen molar-refractivity contribution in [2.75, 3.05) is 16.8 Å². The Bertz CT molecular complexity index is 1490. The fraction of sp³-hybridized carbons (Fsp3) is 0.290. The minimum Gasteiger partial charge on any atom is -0.366 e. The van der Waals surface area contributed by atoms with Crippen LogP contribution in [0, 0.1) is 19.7 Å². The maximum atomic E-state index is 15.2. The Balaban J connectivity index is 1.65. The Kier molecular flexibility index (Phi) is 6.47. The average Bonchev–Trinajstić information content (AvgIpc) is 3.22. The van der Waals surface area contributed by atoms with Gasteiger partial charge < -0.3 is 16.0 Å². The van der Waals surface area contributed by atoms with Crippen molar-refractivity contribution in [1.82, 2.24) is 9.78 Å². The predicted octanol–water partition coefficient (Wildman–Crippen LogP) is 6.65. The summed E-state index contributed by atoms with van der Waals surface area (Å²) in [5.74, 6) is -0.316. The minimum absolute atomic E-state index is 0.0441. The summed E-state index contributed by atoms with van der Waals surface area (Å²) in [7, 11) is 0. The second-order valence-corrected chi connectivity index (χ2v) is 11.1. The van der Waals surface area contributed by atoms with E-state index >= 15 is 4.39 Å². The van der Waals surface area contributed by atoms with Gasteiger partial charge in [0.1, 0.15) is 11.5 Å². The number of hydrogen-bond acceptors (Lipinski definition) is 3. The van der Waals surface area contributed by atoms with Crippen LogP contribution in [0.1, 0.15) is 48.7 Å². The van der Waals surface area contributed by atoms with Gasteiger partial charge in [-0.2, -0.15) is 5.10 Å². The number of benzene rings is 3. The normalized spacial score (nSPS) is 13.4. The molecule has 3 aromatic carbocycles. The number of nitrogens with two attached hydrogens (primary N) is 1. The first kappa shape index (κ1) is 25.5. The number of nitrogens with one attached hydrogen (secondary N) is 1. The minimum atomic E-state index is -0.620. The average molecular weight is 512 g/mol. The third-order valence-corrected chi connectivity index (χ3v) is 7.28. The van der Waals surface area contributed by atoms with Crippen molar-refractivity contribution in [3.63, 3.8) is 0 Å². The zero-order valence-electron chi connectivity index (χ0n) is 22.6. The summed E-state index contributed by atoms with van der Waals surface area (Å²) in [4.78, 5) is 13.7. The second kappa shape index (κ2) is 9.63. The van der Waals surface area contributed by atoms with Gasteiger partial charge in [-0.15, -0.1) is 0 Å². The molecule has 38 heavy (non-hydrogen) atoms. The first-order valence-corrected chi connectivity index (χ1v) is 12.9. The SMILES string of the molecule is Cc1ccc(C(C)(C)C)cc1N1CCc2nn(-c3c(C)cccc3F)c(-c3ccc(NC(N)=O)cc3)c2C1. The largest absolute Gasteiger partial charge is 0.366 e. The molecule has 196 valence electrons. The van der Waals surface area contributed by atoms with Gasteiger partial charge >= 0.3 is 6.03 Å². The van der Waals surface area contributed by atoms with Crippen molar-refractivity contribution in [3.8, 4) is 16.9 Å². The molecule has 5 rings (SSSR count). The van der Waals surface area contributed by atoms with Crippen molar-refractivity contribution in [2.45, 2.75) is 53.0 Å². The van der Waals surface area contributed by atoms with E-state index in [4.69, 9.17) is 10.8 Å². The van der Waals surface area contributed by atoms with Gasteiger partial charge in [-0.3, -0.25) is 0 Å². The van der Waals surface area contributed by atoms with E-state index in [0.717, 1.165) is 41.0 Å². The van der Waals surface area contributed by atoms with Gasteiger partial charge in [-0.1, -0.05) is 57.2 Å². The van der Waals surface area contributed by atoms with Gasteiger partial charge in [-0.25, -0.2) is 13.9 Å². The molecule has 0 saturated carbocycles. The molecule has 0 spiro atoms. The number of fused-ring (bicyclic) bond motifs is 1. The third kappa shape index (κ3) is 4.76. The fourth-order valence-electron chi connectivity index (χ4n) is 5.20. The molecule has 0 unspecified atom stereocenters. The number of nitrogens with zero attached hydrogens (tertiary/aromatic N) is 3. The predicted molar refractivity (Wildman–Crippen MR) is 152 cm³/mol. The number of urea groups is 1. The van der Waals surface area contributed by atoms with Crippen molar-refractivity contribution in [1.29, 1.82) is 0 Å². The molecule has 0 fully saturated rings. The summed E-state index contributed by atoms with van der Waals surface area (Å²) >= 11 is 0. The molecular formula is C31H34FN5O. The number of hydrogen-bond donors (Lipinski definition) is 2. The van der Waals surface area contributed by atoms with E-state index in [-0.39, 0.29) is 11.2 Å². The number of aromatic nitrogens is 2. The lowest BCUT2D eigenvalue weighted by Crippen LogP contribution is -2.31. The van der Waals surface area contributed by atoms with E-state index < -0.39 is 6.03 Å². The van der Waals surface area contributed by atoms with Crippen LogP contribution >= 0.6 is 0 Å². The van der Waals surface area contributed by atoms with Crippen LogP contribution in [-0.4, -0.2) is 22.4 Å². The van der Waals surface area contributed by atoms with Gasteiger partial charge in [0.05, 0.1) is 11.4 Å². The molecular weight excluding hydrogens is 477 g/mol. The summed E-state index contributed by atoms with van der Waals surface area (Å²) in [5, 5.41) is 7.56. The van der Waals surface area contributed by atoms with Crippen LogP contribution in [0.3, 0.4) is 0 Å². The van der Waals surface area contributed by atoms with Crippen LogP contribution < -0.4 is 16.0 Å². The monoisotopic (exact) mass is 511 g/mol. The molecule has 0 bridgehead atoms. The first-order valence-electron chi connectivity index (χ1n) is 12.9. The Morgan fingerprint density at radius 1 is 1.03 bits per heavy atom. The van der Waals surface area contributed by atoms with Gasteiger partial charge in [-0.05, 0) is 60.2 Å². The third-order valence-electron chi connectivity index (χ3n) is 7.28. The van der Waals surface area contributed by atoms with Crippen LogP contribution in [0.15, 0.2) is 60.7 Å². The molecule has 1 aromatic heterocycles. The summed E-state index contributed by atoms with van der Waals surface area (Å²) in [5.41, 5.74) is 14.7. The number of primary amides is 1. The number of rotatable bonds is 4. The lowest BCUT2D eigenvalue weighted by atomic mass is 9.86. The molecule has 7 heteroatoms. The van der Waals surface area contributed by atoms with Crippen molar-refractivity contribution in [3.05, 3.63) is 94.4 Å². The zero-order valence-corrected chi connectivity index (χ0v) is 22.6. The Hall–Kier alpha value is -4.13. The molecule has 6 nitrogen and oxygen atoms in total. The van der Waals surface area contributed by atoms with Crippen molar-refractivity contribution in [2.24, 2.45) is 5.73 Å². The smallest absolute Gasteiger partial charge is 0.316 e. The molecule has 4 aromatic rings. The van der Waals surface area contributed by atoms with Gasteiger partial charge in [0.25, 0.3) is 0 Å². The topological polar surface area (TPSA) is 76.2 Å². The van der Waals surface area contributed by atoms with Gasteiger partial charge in [0.2, 0.25) is 0 Å². The second-order valence-electron chi connectivity index (χ2n) is 11.1. The van der Waals surface area contributed by atoms with E-state index in [1.165, 1.54) is 22.9 Å². The van der Waals surface area contributed by atoms with E-state index in [2.05, 4.69) is 56.1 Å². The molecule has 0 aliphatic carbocycles. The number of carbonyl (C=O) groups is 1. The highest BCUT2D eigenvalue weighted by Crippen LogP contribution is 2.37. The Morgan fingerprint density at radius 2 is 1.76 bits per heavy atom.